The molecule has 3 aliphatic heterocycles. The Balaban J connectivity index is 1.85. The monoisotopic (exact) mass is 635 g/mol. The van der Waals surface area contributed by atoms with Gasteiger partial charge in [-0.3, -0.25) is 14.4 Å². The quantitative estimate of drug-likeness (QED) is 0.269. The average molecular weight is 636 g/mol. The van der Waals surface area contributed by atoms with E-state index in [1.54, 1.807) is 22.0 Å². The predicted molar refractivity (Wildman–Crippen MR) is 182 cm³/mol. The van der Waals surface area contributed by atoms with Gasteiger partial charge in [-0.1, -0.05) is 83.5 Å². The normalized spacial score (nSPS) is 28.5. The van der Waals surface area contributed by atoms with E-state index in [1.165, 1.54) is 0 Å². The molecule has 8 heteroatoms. The summed E-state index contributed by atoms with van der Waals surface area (Å²) in [6.07, 6.45) is 5.91. The molecule has 8 nitrogen and oxygen atoms in total. The molecule has 3 amide bonds. The summed E-state index contributed by atoms with van der Waals surface area (Å²) in [5.41, 5.74) is -1.75. The molecule has 3 aliphatic rings. The molecule has 254 valence electrons. The van der Waals surface area contributed by atoms with Crippen LogP contribution in [0.5, 0.6) is 0 Å². The lowest BCUT2D eigenvalue weighted by Crippen LogP contribution is -2.63. The number of ether oxygens (including phenoxy) is 1. The fourth-order valence-electron chi connectivity index (χ4n) is 8.88. The number of carbonyl (C=O) groups excluding carboxylic acids is 3. The Hall–Kier alpha value is -2.97. The molecule has 3 heterocycles. The van der Waals surface area contributed by atoms with Crippen LogP contribution in [-0.4, -0.2) is 86.0 Å². The van der Waals surface area contributed by atoms with Gasteiger partial charge in [-0.2, -0.15) is 0 Å². The van der Waals surface area contributed by atoms with Gasteiger partial charge in [-0.05, 0) is 56.9 Å². The van der Waals surface area contributed by atoms with Crippen LogP contribution in [0.3, 0.4) is 0 Å². The van der Waals surface area contributed by atoms with Gasteiger partial charge in [-0.25, -0.2) is 0 Å². The third-order valence-corrected chi connectivity index (χ3v) is 10.7. The number of rotatable bonds is 14. The maximum absolute atomic E-state index is 15.2. The number of aliphatic hydroxyl groups is 1. The minimum Gasteiger partial charge on any atom is -0.394 e. The van der Waals surface area contributed by atoms with Crippen LogP contribution < -0.4 is 0 Å². The SMILES string of the molecule is C=CCN(Cc1ccccc1)C(=O)[C@H]1[C@H]2C(=O)N([C@@H](CO)[C@@H](C)CC)C(C(=O)N(CC=C)C(C)(C)CC(C)(C)C)C23CC[C@]1(C)O3. The van der Waals surface area contributed by atoms with Gasteiger partial charge >= 0.3 is 0 Å². The first-order valence-electron chi connectivity index (χ1n) is 17.0. The smallest absolute Gasteiger partial charge is 0.249 e. The lowest BCUT2D eigenvalue weighted by atomic mass is 9.66. The maximum Gasteiger partial charge on any atom is 0.249 e. The molecular weight excluding hydrogens is 578 g/mol. The number of fused-ring (bicyclic) bond motifs is 1. The second-order valence-corrected chi connectivity index (χ2v) is 15.9. The molecule has 0 aliphatic carbocycles. The number of aliphatic hydroxyl groups excluding tert-OH is 1. The highest BCUT2D eigenvalue weighted by atomic mass is 16.5. The van der Waals surface area contributed by atoms with Crippen LogP contribution in [0.15, 0.2) is 55.6 Å². The molecule has 0 saturated carbocycles. The van der Waals surface area contributed by atoms with Crippen molar-refractivity contribution in [2.24, 2.45) is 23.2 Å². The third kappa shape index (κ3) is 6.32. The van der Waals surface area contributed by atoms with E-state index in [1.807, 2.05) is 56.0 Å². The highest BCUT2D eigenvalue weighted by molar-refractivity contribution is 5.99. The Kier molecular flexibility index (Phi) is 10.3. The number of amides is 3. The molecule has 0 radical (unpaired) electrons. The molecule has 3 saturated heterocycles. The van der Waals surface area contributed by atoms with Crippen molar-refractivity contribution in [3.8, 4) is 0 Å². The van der Waals surface area contributed by atoms with Gasteiger partial charge in [0.1, 0.15) is 11.6 Å². The van der Waals surface area contributed by atoms with Crippen molar-refractivity contribution in [3.63, 3.8) is 0 Å². The fourth-order valence-corrected chi connectivity index (χ4v) is 8.88. The molecule has 46 heavy (non-hydrogen) atoms. The summed E-state index contributed by atoms with van der Waals surface area (Å²) in [7, 11) is 0. The van der Waals surface area contributed by atoms with Crippen molar-refractivity contribution in [2.45, 2.75) is 116 Å². The van der Waals surface area contributed by atoms with Gasteiger partial charge in [0.25, 0.3) is 0 Å². The molecular formula is C38H57N3O5. The molecule has 1 aromatic rings. The van der Waals surface area contributed by atoms with E-state index in [0.29, 0.717) is 38.9 Å². The van der Waals surface area contributed by atoms with E-state index < -0.39 is 40.7 Å². The van der Waals surface area contributed by atoms with E-state index >= 15 is 4.79 Å². The Morgan fingerprint density at radius 1 is 1.09 bits per heavy atom. The van der Waals surface area contributed by atoms with Crippen molar-refractivity contribution in [2.75, 3.05) is 19.7 Å². The van der Waals surface area contributed by atoms with Gasteiger partial charge in [-0.15, -0.1) is 13.2 Å². The second-order valence-electron chi connectivity index (χ2n) is 15.9. The Labute approximate surface area is 276 Å². The topological polar surface area (TPSA) is 90.4 Å². The summed E-state index contributed by atoms with van der Waals surface area (Å²) in [6.45, 7) is 25.1. The number of likely N-dealkylation sites (tertiary alicyclic amines) is 1. The zero-order chi connectivity index (χ0) is 34.2. The van der Waals surface area contributed by atoms with Crippen LogP contribution in [0.25, 0.3) is 0 Å². The molecule has 1 aromatic carbocycles. The lowest BCUT2D eigenvalue weighted by Gasteiger charge is -2.47. The number of hydrogen-bond donors (Lipinski definition) is 1. The molecule has 4 rings (SSSR count). The molecule has 1 spiro atoms. The summed E-state index contributed by atoms with van der Waals surface area (Å²) in [5.74, 6) is -2.34. The third-order valence-electron chi connectivity index (χ3n) is 10.7. The van der Waals surface area contributed by atoms with Gasteiger partial charge in [0.2, 0.25) is 17.7 Å². The van der Waals surface area contributed by atoms with Crippen LogP contribution in [-0.2, 0) is 25.7 Å². The van der Waals surface area contributed by atoms with Gasteiger partial charge < -0.3 is 24.5 Å². The predicted octanol–water partition coefficient (Wildman–Crippen LogP) is 5.60. The largest absolute Gasteiger partial charge is 0.394 e. The van der Waals surface area contributed by atoms with Crippen LogP contribution in [0.1, 0.15) is 86.6 Å². The number of hydrogen-bond acceptors (Lipinski definition) is 5. The summed E-state index contributed by atoms with van der Waals surface area (Å²) in [5, 5.41) is 10.8. The standard InChI is InChI=1S/C38H57N3O5/c1-11-21-39(23-27-17-15-14-16-18-27)32(43)29-30-33(44)41(28(24-42)26(4)13-3)31(38(30)20-19-37(29,10)46-38)34(45)40(22-12-2)36(8,9)25-35(5,6)7/h11-12,14-18,26,28-31,42H,1-2,13,19-25H2,3-10H3/t26-,28-,29+,30-,31?,37-,38?/m0/s1. The molecule has 2 bridgehead atoms. The highest BCUT2D eigenvalue weighted by Gasteiger charge is 2.79. The van der Waals surface area contributed by atoms with E-state index in [2.05, 4.69) is 47.8 Å². The fraction of sp³-hybridized carbons (Fsp3) is 0.658. The van der Waals surface area contributed by atoms with Crippen LogP contribution in [0.4, 0.5) is 0 Å². The molecule has 0 aromatic heterocycles. The lowest BCUT2D eigenvalue weighted by molar-refractivity contribution is -0.161. The average Bonchev–Trinajstić information content (AvgIpc) is 3.55. The van der Waals surface area contributed by atoms with Crippen LogP contribution in [0, 0.1) is 23.2 Å². The van der Waals surface area contributed by atoms with E-state index in [9.17, 15) is 14.7 Å². The molecule has 3 fully saturated rings. The molecule has 7 atom stereocenters. The first kappa shape index (κ1) is 35.9. The summed E-state index contributed by atoms with van der Waals surface area (Å²) in [6, 6.07) is 8.21. The summed E-state index contributed by atoms with van der Waals surface area (Å²) < 4.78 is 6.98. The Morgan fingerprint density at radius 3 is 2.26 bits per heavy atom. The Bertz CT molecular complexity index is 1300. The number of carbonyl (C=O) groups is 3. The van der Waals surface area contributed by atoms with Crippen molar-refractivity contribution >= 4 is 17.7 Å². The zero-order valence-electron chi connectivity index (χ0n) is 29.4. The second kappa shape index (κ2) is 13.3. The van der Waals surface area contributed by atoms with E-state index in [0.717, 1.165) is 12.0 Å². The van der Waals surface area contributed by atoms with Gasteiger partial charge in [0.05, 0.1) is 30.1 Å². The Morgan fingerprint density at radius 2 is 1.72 bits per heavy atom. The zero-order valence-corrected chi connectivity index (χ0v) is 29.4. The van der Waals surface area contributed by atoms with Crippen molar-refractivity contribution < 1.29 is 24.2 Å². The first-order valence-corrected chi connectivity index (χ1v) is 17.0. The summed E-state index contributed by atoms with van der Waals surface area (Å²) >= 11 is 0. The minimum atomic E-state index is -1.19. The highest BCUT2D eigenvalue weighted by Crippen LogP contribution is 2.64. The molecule has 1 N–H and O–H groups in total. The summed E-state index contributed by atoms with van der Waals surface area (Å²) in [4.78, 5) is 49.9. The van der Waals surface area contributed by atoms with E-state index in [-0.39, 0.29) is 35.7 Å². The van der Waals surface area contributed by atoms with Gasteiger partial charge in [0, 0.05) is 25.2 Å². The van der Waals surface area contributed by atoms with Crippen molar-refractivity contribution in [1.29, 1.82) is 0 Å². The van der Waals surface area contributed by atoms with Gasteiger partial charge in [0.15, 0.2) is 0 Å². The minimum absolute atomic E-state index is 0.0692. The first-order chi connectivity index (χ1) is 21.5. The number of nitrogens with zero attached hydrogens (tertiary/aromatic N) is 3. The maximum atomic E-state index is 15.2. The number of benzene rings is 1. The van der Waals surface area contributed by atoms with Crippen LogP contribution >= 0.6 is 0 Å². The molecule has 2 unspecified atom stereocenters. The van der Waals surface area contributed by atoms with Crippen molar-refractivity contribution in [1.82, 2.24) is 14.7 Å². The van der Waals surface area contributed by atoms with Crippen LogP contribution in [0.2, 0.25) is 0 Å². The van der Waals surface area contributed by atoms with E-state index in [4.69, 9.17) is 4.74 Å². The van der Waals surface area contributed by atoms with Crippen molar-refractivity contribution in [3.05, 3.63) is 61.2 Å².